The zero-order chi connectivity index (χ0) is 5.98. The number of nitrogens with one attached hydrogen (secondary N) is 1. The van der Waals surface area contributed by atoms with Crippen molar-refractivity contribution in [2.45, 2.75) is 11.9 Å². The highest BCUT2D eigenvalue weighted by Crippen LogP contribution is 2.05. The number of rotatable bonds is 0. The van der Waals surface area contributed by atoms with E-state index in [2.05, 4.69) is 21.2 Å². The first-order chi connectivity index (χ1) is 3.79. The Hall–Kier alpha value is -0.240. The van der Waals surface area contributed by atoms with E-state index in [4.69, 9.17) is 0 Å². The number of allylic oxidation sites excluding steroid dienone is 3. The molecule has 0 saturated heterocycles. The Bertz CT molecular complexity index is 137. The molecule has 0 aromatic heterocycles. The van der Waals surface area contributed by atoms with Crippen molar-refractivity contribution < 1.29 is 0 Å². The molecule has 0 spiro atoms. The van der Waals surface area contributed by atoms with Gasteiger partial charge in [0, 0.05) is 5.70 Å². The molecule has 8 heavy (non-hydrogen) atoms. The maximum atomic E-state index is 3.39. The van der Waals surface area contributed by atoms with Crippen LogP contribution in [0.15, 0.2) is 23.9 Å². The third kappa shape index (κ3) is 1.37. The van der Waals surface area contributed by atoms with Gasteiger partial charge in [0.1, 0.15) is 4.95 Å². The lowest BCUT2D eigenvalue weighted by molar-refractivity contribution is 0.855. The zero-order valence-electron chi connectivity index (χ0n) is 4.69. The molecule has 1 unspecified atom stereocenters. The number of hydrogen-bond donors (Lipinski definition) is 1. The predicted molar refractivity (Wildman–Crippen MR) is 38.7 cm³/mol. The molecule has 44 valence electrons. The van der Waals surface area contributed by atoms with Crippen LogP contribution in [0.5, 0.6) is 0 Å². The molecule has 1 heterocycles. The smallest absolute Gasteiger partial charge is 0.101 e. The molecule has 0 aromatic carbocycles. The summed E-state index contributed by atoms with van der Waals surface area (Å²) >= 11 is 3.39. The summed E-state index contributed by atoms with van der Waals surface area (Å²) in [6, 6.07) is 0. The van der Waals surface area contributed by atoms with E-state index in [1.54, 1.807) is 0 Å². The topological polar surface area (TPSA) is 12.0 Å². The summed E-state index contributed by atoms with van der Waals surface area (Å²) in [7, 11) is 0. The Kier molecular flexibility index (Phi) is 1.73. The van der Waals surface area contributed by atoms with Gasteiger partial charge in [-0.2, -0.15) is 0 Å². The lowest BCUT2D eigenvalue weighted by Gasteiger charge is -2.12. The first-order valence-corrected chi connectivity index (χ1v) is 3.46. The normalized spacial score (nSPS) is 26.8. The van der Waals surface area contributed by atoms with Crippen LogP contribution >= 0.6 is 15.9 Å². The van der Waals surface area contributed by atoms with Crippen LogP contribution in [0.3, 0.4) is 0 Å². The fraction of sp³-hybridized carbons (Fsp3) is 0.333. The molecule has 0 amide bonds. The Morgan fingerprint density at radius 2 is 2.50 bits per heavy atom. The molecule has 0 bridgehead atoms. The molecular weight excluding hydrogens is 166 g/mol. The summed E-state index contributed by atoms with van der Waals surface area (Å²) in [4.78, 5) is 0.326. The second-order valence-electron chi connectivity index (χ2n) is 1.78. The quantitative estimate of drug-likeness (QED) is 0.436. The number of alkyl halides is 1. The van der Waals surface area contributed by atoms with Gasteiger partial charge in [0.15, 0.2) is 0 Å². The minimum Gasteiger partial charge on any atom is -0.373 e. The second-order valence-corrected chi connectivity index (χ2v) is 2.77. The van der Waals surface area contributed by atoms with Crippen molar-refractivity contribution in [1.82, 2.24) is 5.32 Å². The van der Waals surface area contributed by atoms with Crippen molar-refractivity contribution in [2.75, 3.05) is 0 Å². The van der Waals surface area contributed by atoms with Crippen molar-refractivity contribution in [3.05, 3.63) is 23.9 Å². The Morgan fingerprint density at radius 1 is 1.75 bits per heavy atom. The van der Waals surface area contributed by atoms with Gasteiger partial charge in [0.2, 0.25) is 0 Å². The predicted octanol–water partition coefficient (Wildman–Crippen LogP) is 1.77. The Labute approximate surface area is 57.6 Å². The first-order valence-electron chi connectivity index (χ1n) is 2.55. The summed E-state index contributed by atoms with van der Waals surface area (Å²) in [5.74, 6) is 0. The van der Waals surface area contributed by atoms with Gasteiger partial charge in [-0.05, 0) is 13.0 Å². The SMILES string of the molecule is CC1=CC=CC(Br)N1. The van der Waals surface area contributed by atoms with Crippen LogP contribution in [0, 0.1) is 0 Å². The van der Waals surface area contributed by atoms with E-state index in [-0.39, 0.29) is 0 Å². The van der Waals surface area contributed by atoms with Gasteiger partial charge in [0.25, 0.3) is 0 Å². The molecule has 0 aliphatic carbocycles. The minimum absolute atomic E-state index is 0.326. The third-order valence-electron chi connectivity index (χ3n) is 0.992. The largest absolute Gasteiger partial charge is 0.373 e. The molecule has 1 rings (SSSR count). The van der Waals surface area contributed by atoms with Crippen LogP contribution in [0.4, 0.5) is 0 Å². The first kappa shape index (κ1) is 5.89. The number of halogens is 1. The van der Waals surface area contributed by atoms with Crippen LogP contribution in [0.1, 0.15) is 6.92 Å². The Balaban J connectivity index is 2.59. The lowest BCUT2D eigenvalue weighted by atomic mass is 10.3. The summed E-state index contributed by atoms with van der Waals surface area (Å²) < 4.78 is 0. The molecule has 0 radical (unpaired) electrons. The molecule has 0 fully saturated rings. The van der Waals surface area contributed by atoms with Crippen molar-refractivity contribution in [1.29, 1.82) is 0 Å². The van der Waals surface area contributed by atoms with Gasteiger partial charge >= 0.3 is 0 Å². The third-order valence-corrected chi connectivity index (χ3v) is 1.53. The van der Waals surface area contributed by atoms with E-state index < -0.39 is 0 Å². The van der Waals surface area contributed by atoms with E-state index in [0.29, 0.717) is 4.95 Å². The molecular formula is C6H8BrN. The highest BCUT2D eigenvalue weighted by Gasteiger charge is 1.98. The number of hydrogen-bond acceptors (Lipinski definition) is 1. The molecule has 0 saturated carbocycles. The standard InChI is InChI=1S/C6H8BrN/c1-5-3-2-4-6(7)8-5/h2-4,6,8H,1H3. The molecule has 0 aromatic rings. The van der Waals surface area contributed by atoms with E-state index in [0.717, 1.165) is 0 Å². The van der Waals surface area contributed by atoms with Gasteiger partial charge < -0.3 is 5.32 Å². The van der Waals surface area contributed by atoms with Crippen molar-refractivity contribution in [3.63, 3.8) is 0 Å². The summed E-state index contributed by atoms with van der Waals surface area (Å²) in [5, 5.41) is 3.17. The van der Waals surface area contributed by atoms with Crippen LogP contribution < -0.4 is 5.32 Å². The van der Waals surface area contributed by atoms with Crippen LogP contribution in [0.2, 0.25) is 0 Å². The fourth-order valence-corrected chi connectivity index (χ4v) is 1.15. The molecule has 1 nitrogen and oxygen atoms in total. The number of dihydropyridines is 1. The highest BCUT2D eigenvalue weighted by atomic mass is 79.9. The minimum atomic E-state index is 0.326. The molecule has 2 heteroatoms. The second kappa shape index (κ2) is 2.35. The lowest BCUT2D eigenvalue weighted by Crippen LogP contribution is -2.20. The Morgan fingerprint density at radius 3 is 2.88 bits per heavy atom. The van der Waals surface area contributed by atoms with Crippen molar-refractivity contribution in [3.8, 4) is 0 Å². The average Bonchev–Trinajstić information content (AvgIpc) is 1.64. The zero-order valence-corrected chi connectivity index (χ0v) is 6.27. The fourth-order valence-electron chi connectivity index (χ4n) is 0.611. The van der Waals surface area contributed by atoms with E-state index in [1.165, 1.54) is 5.70 Å². The summed E-state index contributed by atoms with van der Waals surface area (Å²) in [5.41, 5.74) is 1.20. The van der Waals surface area contributed by atoms with Crippen LogP contribution in [-0.4, -0.2) is 4.95 Å². The van der Waals surface area contributed by atoms with E-state index >= 15 is 0 Å². The summed E-state index contributed by atoms with van der Waals surface area (Å²) in [6.07, 6.45) is 6.12. The van der Waals surface area contributed by atoms with Crippen LogP contribution in [0.25, 0.3) is 0 Å². The highest BCUT2D eigenvalue weighted by molar-refractivity contribution is 9.09. The maximum Gasteiger partial charge on any atom is 0.101 e. The van der Waals surface area contributed by atoms with E-state index in [9.17, 15) is 0 Å². The molecule has 1 atom stereocenters. The van der Waals surface area contributed by atoms with E-state index in [1.807, 2.05) is 25.2 Å². The van der Waals surface area contributed by atoms with Gasteiger partial charge in [-0.3, -0.25) is 0 Å². The van der Waals surface area contributed by atoms with Gasteiger partial charge in [-0.25, -0.2) is 0 Å². The van der Waals surface area contributed by atoms with Crippen LogP contribution in [-0.2, 0) is 0 Å². The van der Waals surface area contributed by atoms with Crippen molar-refractivity contribution in [2.24, 2.45) is 0 Å². The van der Waals surface area contributed by atoms with Gasteiger partial charge in [-0.1, -0.05) is 28.1 Å². The van der Waals surface area contributed by atoms with Gasteiger partial charge in [-0.15, -0.1) is 0 Å². The monoisotopic (exact) mass is 173 g/mol. The summed E-state index contributed by atoms with van der Waals surface area (Å²) in [6.45, 7) is 2.04. The molecule has 1 N–H and O–H groups in total. The average molecular weight is 174 g/mol. The van der Waals surface area contributed by atoms with Gasteiger partial charge in [0.05, 0.1) is 0 Å². The molecule has 1 aliphatic heterocycles. The van der Waals surface area contributed by atoms with Crippen molar-refractivity contribution >= 4 is 15.9 Å². The maximum absolute atomic E-state index is 3.39. The molecule has 1 aliphatic rings.